The highest BCUT2D eigenvalue weighted by molar-refractivity contribution is 7.88. The maximum Gasteiger partial charge on any atom is 0.266 e. The quantitative estimate of drug-likeness (QED) is 0.738. The van der Waals surface area contributed by atoms with Crippen LogP contribution in [0, 0.1) is 0 Å². The third-order valence-corrected chi connectivity index (χ3v) is 4.29. The predicted octanol–water partition coefficient (Wildman–Crippen LogP) is 1.47. The average Bonchev–Trinajstić information content (AvgIpc) is 2.59. The first-order valence-electron chi connectivity index (χ1n) is 7.01. The molecular weight excluding hydrogens is 332 g/mol. The Morgan fingerprint density at radius 2 is 1.67 bits per heavy atom. The minimum absolute atomic E-state index is 0.232. The SMILES string of the molecule is COc1ccc(C(=O)NNS(=O)(=O)Cc2ccccc2)cc1OC. The van der Waals surface area contributed by atoms with Gasteiger partial charge in [-0.1, -0.05) is 30.3 Å². The fourth-order valence-corrected chi connectivity index (χ4v) is 2.96. The lowest BCUT2D eigenvalue weighted by molar-refractivity contribution is 0.0944. The summed E-state index contributed by atoms with van der Waals surface area (Å²) in [5.74, 6) is 0.00338. The fourth-order valence-electron chi connectivity index (χ4n) is 2.00. The Morgan fingerprint density at radius 3 is 2.29 bits per heavy atom. The number of hydrogen-bond acceptors (Lipinski definition) is 5. The van der Waals surface area contributed by atoms with E-state index in [1.54, 1.807) is 36.4 Å². The van der Waals surface area contributed by atoms with Crippen molar-refractivity contribution < 1.29 is 22.7 Å². The van der Waals surface area contributed by atoms with Crippen LogP contribution in [0.3, 0.4) is 0 Å². The van der Waals surface area contributed by atoms with E-state index in [-0.39, 0.29) is 11.3 Å². The van der Waals surface area contributed by atoms with Gasteiger partial charge in [0.15, 0.2) is 11.5 Å². The van der Waals surface area contributed by atoms with Crippen molar-refractivity contribution in [2.45, 2.75) is 5.75 Å². The van der Waals surface area contributed by atoms with Crippen molar-refractivity contribution >= 4 is 15.9 Å². The standard InChI is InChI=1S/C16H18N2O5S/c1-22-14-9-8-13(10-15(14)23-2)16(19)17-18-24(20,21)11-12-6-4-3-5-7-12/h3-10,18H,11H2,1-2H3,(H,17,19). The molecule has 2 N–H and O–H groups in total. The summed E-state index contributed by atoms with van der Waals surface area (Å²) in [5.41, 5.74) is 3.02. The maximum absolute atomic E-state index is 12.1. The first-order chi connectivity index (χ1) is 11.4. The van der Waals surface area contributed by atoms with E-state index in [4.69, 9.17) is 9.47 Å². The van der Waals surface area contributed by atoms with Crippen LogP contribution in [-0.2, 0) is 15.8 Å². The van der Waals surface area contributed by atoms with E-state index < -0.39 is 15.9 Å². The summed E-state index contributed by atoms with van der Waals surface area (Å²) in [7, 11) is -0.776. The first kappa shape index (κ1) is 17.8. The van der Waals surface area contributed by atoms with Crippen LogP contribution in [0.25, 0.3) is 0 Å². The summed E-state index contributed by atoms with van der Waals surface area (Å²) >= 11 is 0. The molecule has 2 rings (SSSR count). The van der Waals surface area contributed by atoms with Crippen molar-refractivity contribution in [1.82, 2.24) is 10.3 Å². The highest BCUT2D eigenvalue weighted by Crippen LogP contribution is 2.27. The number of sulfonamides is 1. The molecule has 0 aromatic heterocycles. The monoisotopic (exact) mass is 350 g/mol. The lowest BCUT2D eigenvalue weighted by Gasteiger charge is -2.11. The van der Waals surface area contributed by atoms with E-state index in [2.05, 4.69) is 10.3 Å². The van der Waals surface area contributed by atoms with E-state index in [9.17, 15) is 13.2 Å². The number of hydrogen-bond donors (Lipinski definition) is 2. The minimum Gasteiger partial charge on any atom is -0.493 e. The lowest BCUT2D eigenvalue weighted by Crippen LogP contribution is -2.42. The summed E-state index contributed by atoms with van der Waals surface area (Å²) < 4.78 is 34.2. The Bertz CT molecular complexity index is 806. The molecule has 2 aromatic rings. The molecule has 0 atom stereocenters. The molecule has 2 aromatic carbocycles. The van der Waals surface area contributed by atoms with E-state index in [1.165, 1.54) is 26.4 Å². The molecule has 24 heavy (non-hydrogen) atoms. The molecule has 0 bridgehead atoms. The zero-order chi connectivity index (χ0) is 17.6. The van der Waals surface area contributed by atoms with Crippen LogP contribution in [0.5, 0.6) is 11.5 Å². The second-order valence-corrected chi connectivity index (χ2v) is 6.59. The molecule has 0 saturated heterocycles. The molecule has 0 unspecified atom stereocenters. The van der Waals surface area contributed by atoms with Crippen molar-refractivity contribution in [2.24, 2.45) is 0 Å². The maximum atomic E-state index is 12.1. The van der Waals surface area contributed by atoms with Gasteiger partial charge in [0.2, 0.25) is 10.0 Å². The van der Waals surface area contributed by atoms with Crippen LogP contribution in [0.15, 0.2) is 48.5 Å². The van der Waals surface area contributed by atoms with Crippen molar-refractivity contribution in [2.75, 3.05) is 14.2 Å². The van der Waals surface area contributed by atoms with Gasteiger partial charge in [-0.2, -0.15) is 0 Å². The zero-order valence-electron chi connectivity index (χ0n) is 13.3. The molecule has 0 saturated carbocycles. The Kier molecular flexibility index (Phi) is 5.78. The third kappa shape index (κ3) is 4.71. The average molecular weight is 350 g/mol. The molecule has 0 fully saturated rings. The Morgan fingerprint density at radius 1 is 1.00 bits per heavy atom. The number of ether oxygens (including phenoxy) is 2. The molecule has 7 nitrogen and oxygen atoms in total. The van der Waals surface area contributed by atoms with Crippen LogP contribution in [0.1, 0.15) is 15.9 Å². The Hall–Kier alpha value is -2.58. The van der Waals surface area contributed by atoms with Crippen LogP contribution in [-0.4, -0.2) is 28.5 Å². The van der Waals surface area contributed by atoms with Crippen LogP contribution in [0.4, 0.5) is 0 Å². The summed E-state index contributed by atoms with van der Waals surface area (Å²) in [4.78, 5) is 14.1. The number of carbonyl (C=O) groups excluding carboxylic acids is 1. The van der Waals surface area contributed by atoms with Gasteiger partial charge in [-0.05, 0) is 23.8 Å². The second kappa shape index (κ2) is 7.80. The molecule has 0 spiro atoms. The summed E-state index contributed by atoms with van der Waals surface area (Å²) in [5, 5.41) is 0. The van der Waals surface area contributed by atoms with Gasteiger partial charge in [-0.3, -0.25) is 10.2 Å². The lowest BCUT2D eigenvalue weighted by atomic mass is 10.2. The van der Waals surface area contributed by atoms with Gasteiger partial charge in [-0.15, -0.1) is 4.83 Å². The van der Waals surface area contributed by atoms with Gasteiger partial charge in [0.1, 0.15) is 0 Å². The smallest absolute Gasteiger partial charge is 0.266 e. The first-order valence-corrected chi connectivity index (χ1v) is 8.66. The number of rotatable bonds is 7. The van der Waals surface area contributed by atoms with E-state index >= 15 is 0 Å². The second-order valence-electron chi connectivity index (χ2n) is 4.87. The number of methoxy groups -OCH3 is 2. The van der Waals surface area contributed by atoms with Gasteiger partial charge in [0, 0.05) is 5.56 Å². The van der Waals surface area contributed by atoms with Gasteiger partial charge in [0.05, 0.1) is 20.0 Å². The number of amides is 1. The van der Waals surface area contributed by atoms with Gasteiger partial charge in [0.25, 0.3) is 5.91 Å². The van der Waals surface area contributed by atoms with Crippen LogP contribution in [0.2, 0.25) is 0 Å². The van der Waals surface area contributed by atoms with Gasteiger partial charge < -0.3 is 9.47 Å². The zero-order valence-corrected chi connectivity index (χ0v) is 14.1. The van der Waals surface area contributed by atoms with Crippen molar-refractivity contribution in [1.29, 1.82) is 0 Å². The molecular formula is C16H18N2O5S. The van der Waals surface area contributed by atoms with Gasteiger partial charge in [-0.25, -0.2) is 8.42 Å². The normalized spacial score (nSPS) is 10.9. The van der Waals surface area contributed by atoms with Crippen LogP contribution >= 0.6 is 0 Å². The minimum atomic E-state index is -3.70. The molecule has 0 heterocycles. The van der Waals surface area contributed by atoms with Crippen molar-refractivity contribution in [3.8, 4) is 11.5 Å². The highest BCUT2D eigenvalue weighted by Gasteiger charge is 2.15. The summed E-state index contributed by atoms with van der Waals surface area (Å²) in [6.07, 6.45) is 0. The fraction of sp³-hybridized carbons (Fsp3) is 0.188. The molecule has 0 radical (unpaired) electrons. The largest absolute Gasteiger partial charge is 0.493 e. The van der Waals surface area contributed by atoms with E-state index in [0.29, 0.717) is 17.1 Å². The molecule has 0 aliphatic carbocycles. The molecule has 0 aliphatic heterocycles. The van der Waals surface area contributed by atoms with Crippen LogP contribution < -0.4 is 19.7 Å². The van der Waals surface area contributed by atoms with Crippen molar-refractivity contribution in [3.63, 3.8) is 0 Å². The Labute approximate surface area is 140 Å². The number of hydrazine groups is 1. The summed E-state index contributed by atoms with van der Waals surface area (Å²) in [6.45, 7) is 0. The van der Waals surface area contributed by atoms with E-state index in [0.717, 1.165) is 0 Å². The van der Waals surface area contributed by atoms with Gasteiger partial charge >= 0.3 is 0 Å². The topological polar surface area (TPSA) is 93.7 Å². The van der Waals surface area contributed by atoms with E-state index in [1.807, 2.05) is 0 Å². The number of carbonyl (C=O) groups is 1. The Balaban J connectivity index is 2.02. The molecule has 128 valence electrons. The summed E-state index contributed by atoms with van der Waals surface area (Å²) in [6, 6.07) is 13.2. The highest BCUT2D eigenvalue weighted by atomic mass is 32.2. The van der Waals surface area contributed by atoms with Crippen molar-refractivity contribution in [3.05, 3.63) is 59.7 Å². The molecule has 1 amide bonds. The molecule has 8 heteroatoms. The number of nitrogens with one attached hydrogen (secondary N) is 2. The third-order valence-electron chi connectivity index (χ3n) is 3.17. The number of benzene rings is 2. The molecule has 0 aliphatic rings. The predicted molar refractivity (Wildman–Crippen MR) is 89.2 cm³/mol.